The van der Waals surface area contributed by atoms with Crippen molar-refractivity contribution in [1.82, 2.24) is 15.3 Å². The summed E-state index contributed by atoms with van der Waals surface area (Å²) in [6.07, 6.45) is 4.99. The molecular formula is C27H24ClN5. The van der Waals surface area contributed by atoms with E-state index in [0.717, 1.165) is 53.2 Å². The zero-order chi connectivity index (χ0) is 22.4. The summed E-state index contributed by atoms with van der Waals surface area (Å²) < 4.78 is 0. The van der Waals surface area contributed by atoms with Crippen LogP contribution in [0.15, 0.2) is 90.4 Å². The Balaban J connectivity index is 1.48. The van der Waals surface area contributed by atoms with Gasteiger partial charge in [-0.3, -0.25) is 4.99 Å². The molecule has 5 nitrogen and oxygen atoms in total. The monoisotopic (exact) mass is 453 g/mol. The Hall–Kier alpha value is -3.57. The number of anilines is 1. The number of benzene rings is 3. The van der Waals surface area contributed by atoms with Gasteiger partial charge in [-0.05, 0) is 54.7 Å². The summed E-state index contributed by atoms with van der Waals surface area (Å²) in [7, 11) is 0. The van der Waals surface area contributed by atoms with Crippen LogP contribution in [0.2, 0.25) is 5.02 Å². The standard InChI is InChI=1S/C27H24ClN5/c1-17-31-27(32-23-12-6-8-18-7-2-3-9-20(18)23)26(21-10-4-5-11-22(21)28)33(17)19-13-14-24-25(15-19)30-16-29-24/h2-5,7,9-11,13-16,23,26H,1,6,8,12H2,(H,29,30)(H,31,32). The third kappa shape index (κ3) is 3.49. The smallest absolute Gasteiger partial charge is 0.131 e. The second kappa shape index (κ2) is 8.09. The van der Waals surface area contributed by atoms with E-state index < -0.39 is 0 Å². The highest BCUT2D eigenvalue weighted by Crippen LogP contribution is 2.40. The molecule has 4 aromatic rings. The lowest BCUT2D eigenvalue weighted by molar-refractivity contribution is 0.570. The molecule has 1 aliphatic carbocycles. The van der Waals surface area contributed by atoms with Crippen molar-refractivity contribution in [2.45, 2.75) is 31.3 Å². The van der Waals surface area contributed by atoms with Gasteiger partial charge in [-0.25, -0.2) is 4.98 Å². The normalized spacial score (nSPS) is 21.4. The van der Waals surface area contributed by atoms with E-state index >= 15 is 0 Å². The largest absolute Gasteiger partial charge is 0.345 e. The molecule has 0 bridgehead atoms. The lowest BCUT2D eigenvalue weighted by Crippen LogP contribution is -2.25. The van der Waals surface area contributed by atoms with Crippen LogP contribution in [0.25, 0.3) is 11.0 Å². The van der Waals surface area contributed by atoms with Crippen molar-refractivity contribution in [3.05, 3.63) is 107 Å². The average molecular weight is 454 g/mol. The highest BCUT2D eigenvalue weighted by molar-refractivity contribution is 6.31. The van der Waals surface area contributed by atoms with E-state index in [-0.39, 0.29) is 12.1 Å². The fourth-order valence-electron chi connectivity index (χ4n) is 5.05. The average Bonchev–Trinajstić information content (AvgIpc) is 3.43. The van der Waals surface area contributed by atoms with Gasteiger partial charge in [-0.1, -0.05) is 60.6 Å². The molecule has 2 N–H and O–H groups in total. The van der Waals surface area contributed by atoms with Crippen molar-refractivity contribution in [3.8, 4) is 0 Å². The number of hydrogen-bond donors (Lipinski definition) is 2. The summed E-state index contributed by atoms with van der Waals surface area (Å²) in [6, 6.07) is 22.7. The maximum Gasteiger partial charge on any atom is 0.131 e. The Morgan fingerprint density at radius 1 is 1.03 bits per heavy atom. The van der Waals surface area contributed by atoms with Crippen LogP contribution in [0.5, 0.6) is 0 Å². The molecule has 6 heteroatoms. The molecule has 0 saturated carbocycles. The summed E-state index contributed by atoms with van der Waals surface area (Å²) in [4.78, 5) is 15.0. The number of rotatable bonds is 3. The second-order valence-electron chi connectivity index (χ2n) is 8.59. The molecule has 2 heterocycles. The molecule has 1 fully saturated rings. The van der Waals surface area contributed by atoms with Crippen LogP contribution < -0.4 is 10.2 Å². The number of fused-ring (bicyclic) bond motifs is 2. The van der Waals surface area contributed by atoms with Crippen molar-refractivity contribution in [3.63, 3.8) is 0 Å². The lowest BCUT2D eigenvalue weighted by Gasteiger charge is -2.27. The summed E-state index contributed by atoms with van der Waals surface area (Å²) in [5.41, 5.74) is 6.62. The van der Waals surface area contributed by atoms with Crippen LogP contribution in [0.4, 0.5) is 5.69 Å². The van der Waals surface area contributed by atoms with Gasteiger partial charge in [0.05, 0.1) is 23.4 Å². The van der Waals surface area contributed by atoms with E-state index in [9.17, 15) is 0 Å². The zero-order valence-electron chi connectivity index (χ0n) is 18.1. The molecule has 1 aliphatic heterocycles. The van der Waals surface area contributed by atoms with Gasteiger partial charge < -0.3 is 15.2 Å². The van der Waals surface area contributed by atoms with Gasteiger partial charge in [0, 0.05) is 16.3 Å². The van der Waals surface area contributed by atoms with Crippen LogP contribution in [0.3, 0.4) is 0 Å². The molecule has 1 saturated heterocycles. The highest BCUT2D eigenvalue weighted by atomic mass is 35.5. The topological polar surface area (TPSA) is 56.3 Å². The number of aromatic nitrogens is 2. The molecular weight excluding hydrogens is 430 g/mol. The fraction of sp³-hybridized carbons (Fsp3) is 0.185. The number of aromatic amines is 1. The quantitative estimate of drug-likeness (QED) is 0.382. The van der Waals surface area contributed by atoms with Crippen LogP contribution in [-0.4, -0.2) is 15.8 Å². The van der Waals surface area contributed by atoms with Crippen LogP contribution in [0, 0.1) is 0 Å². The number of aryl methyl sites for hydroxylation is 1. The third-order valence-corrected chi connectivity index (χ3v) is 6.94. The molecule has 6 rings (SSSR count). The van der Waals surface area contributed by atoms with Crippen molar-refractivity contribution in [2.24, 2.45) is 4.99 Å². The van der Waals surface area contributed by atoms with E-state index in [1.165, 1.54) is 11.1 Å². The van der Waals surface area contributed by atoms with Crippen molar-refractivity contribution < 1.29 is 0 Å². The Morgan fingerprint density at radius 2 is 1.85 bits per heavy atom. The van der Waals surface area contributed by atoms with Crippen LogP contribution in [0.1, 0.15) is 41.6 Å². The van der Waals surface area contributed by atoms with E-state index in [2.05, 4.69) is 69.2 Å². The summed E-state index contributed by atoms with van der Waals surface area (Å²) in [6.45, 7) is 4.34. The van der Waals surface area contributed by atoms with Crippen LogP contribution in [-0.2, 0) is 6.42 Å². The van der Waals surface area contributed by atoms with Gasteiger partial charge in [0.1, 0.15) is 17.7 Å². The number of amidine groups is 1. The van der Waals surface area contributed by atoms with Crippen molar-refractivity contribution >= 4 is 34.2 Å². The number of H-pyrrole nitrogens is 1. The third-order valence-electron chi connectivity index (χ3n) is 6.59. The minimum atomic E-state index is -0.194. The lowest BCUT2D eigenvalue weighted by atomic mass is 9.88. The minimum Gasteiger partial charge on any atom is -0.345 e. The fourth-order valence-corrected chi connectivity index (χ4v) is 5.29. The number of nitrogens with one attached hydrogen (secondary N) is 2. The Bertz CT molecular complexity index is 1390. The Kier molecular flexibility index (Phi) is 4.92. The van der Waals surface area contributed by atoms with Gasteiger partial charge >= 0.3 is 0 Å². The number of halogens is 1. The van der Waals surface area contributed by atoms with E-state index in [1.54, 1.807) is 6.33 Å². The molecule has 0 radical (unpaired) electrons. The molecule has 164 valence electrons. The molecule has 33 heavy (non-hydrogen) atoms. The minimum absolute atomic E-state index is 0.116. The predicted molar refractivity (Wildman–Crippen MR) is 135 cm³/mol. The summed E-state index contributed by atoms with van der Waals surface area (Å²) in [5, 5.41) is 4.21. The first-order chi connectivity index (χ1) is 16.2. The summed E-state index contributed by atoms with van der Waals surface area (Å²) in [5.74, 6) is 1.65. The molecule has 2 unspecified atom stereocenters. The van der Waals surface area contributed by atoms with Crippen LogP contribution >= 0.6 is 11.6 Å². The first kappa shape index (κ1) is 20.1. The zero-order valence-corrected chi connectivity index (χ0v) is 18.9. The SMILES string of the molecule is C=C1NC(=NC2CCCc3ccccc32)C(c2ccccc2Cl)N1c1ccc2nc[nH]c2c1. The van der Waals surface area contributed by atoms with Gasteiger partial charge in [-0.15, -0.1) is 0 Å². The molecule has 0 amide bonds. The Labute approximate surface area is 197 Å². The maximum atomic E-state index is 6.72. The number of aliphatic imine (C=N–C) groups is 1. The Morgan fingerprint density at radius 3 is 2.73 bits per heavy atom. The number of imidazole rings is 1. The molecule has 0 spiro atoms. The van der Waals surface area contributed by atoms with Crippen molar-refractivity contribution in [2.75, 3.05) is 4.90 Å². The molecule has 2 aliphatic rings. The van der Waals surface area contributed by atoms with E-state index in [1.807, 2.05) is 24.3 Å². The first-order valence-electron chi connectivity index (χ1n) is 11.3. The van der Waals surface area contributed by atoms with Gasteiger partial charge in [0.2, 0.25) is 0 Å². The molecule has 1 aromatic heterocycles. The van der Waals surface area contributed by atoms with Gasteiger partial charge in [0.25, 0.3) is 0 Å². The van der Waals surface area contributed by atoms with Gasteiger partial charge in [0.15, 0.2) is 0 Å². The number of nitrogens with zero attached hydrogens (tertiary/aromatic N) is 3. The molecule has 2 atom stereocenters. The summed E-state index contributed by atoms with van der Waals surface area (Å²) >= 11 is 6.72. The van der Waals surface area contributed by atoms with E-state index in [0.29, 0.717) is 5.02 Å². The highest BCUT2D eigenvalue weighted by Gasteiger charge is 2.37. The maximum absolute atomic E-state index is 6.72. The first-order valence-corrected chi connectivity index (χ1v) is 11.6. The van der Waals surface area contributed by atoms with E-state index in [4.69, 9.17) is 16.6 Å². The number of hydrogen-bond acceptors (Lipinski definition) is 3. The van der Waals surface area contributed by atoms with Crippen molar-refractivity contribution in [1.29, 1.82) is 0 Å². The molecule has 3 aromatic carbocycles. The predicted octanol–water partition coefficient (Wildman–Crippen LogP) is 6.31. The second-order valence-corrected chi connectivity index (χ2v) is 9.00. The van der Waals surface area contributed by atoms with Gasteiger partial charge in [-0.2, -0.15) is 0 Å².